The van der Waals surface area contributed by atoms with E-state index in [4.69, 9.17) is 4.84 Å². The van der Waals surface area contributed by atoms with Gasteiger partial charge in [0.25, 0.3) is 5.91 Å². The van der Waals surface area contributed by atoms with E-state index < -0.39 is 0 Å². The summed E-state index contributed by atoms with van der Waals surface area (Å²) in [5, 5.41) is 1.35. The van der Waals surface area contributed by atoms with Crippen molar-refractivity contribution in [2.75, 3.05) is 14.2 Å². The minimum absolute atomic E-state index is 0.0229. The maximum Gasteiger partial charge on any atom is 0.252 e. The van der Waals surface area contributed by atoms with Crippen molar-refractivity contribution in [1.82, 2.24) is 5.06 Å². The molecule has 0 aromatic heterocycles. The van der Waals surface area contributed by atoms with Crippen LogP contribution in [0.25, 0.3) is 0 Å². The van der Waals surface area contributed by atoms with Crippen LogP contribution < -0.4 is 0 Å². The molecule has 0 atom stereocenters. The van der Waals surface area contributed by atoms with Crippen molar-refractivity contribution >= 4 is 5.91 Å². The van der Waals surface area contributed by atoms with Crippen LogP contribution >= 0.6 is 0 Å². The molecule has 1 rings (SSSR count). The third-order valence-electron chi connectivity index (χ3n) is 4.83. The fourth-order valence-electron chi connectivity index (χ4n) is 2.39. The summed E-state index contributed by atoms with van der Waals surface area (Å²) >= 11 is 0. The molecule has 0 spiro atoms. The van der Waals surface area contributed by atoms with Gasteiger partial charge in [0, 0.05) is 7.05 Å². The Kier molecular flexibility index (Phi) is 3.68. The first-order valence-corrected chi connectivity index (χ1v) is 6.07. The standard InChI is InChI=1S/C13H25NO2/c1-12(2,10-8-7-9-10)13(3,4)11(15)14(5)16-6/h10H,7-9H2,1-6H3. The summed E-state index contributed by atoms with van der Waals surface area (Å²) in [6.07, 6.45) is 3.80. The summed E-state index contributed by atoms with van der Waals surface area (Å²) < 4.78 is 0. The SMILES string of the molecule is CON(C)C(=O)C(C)(C)C(C)(C)C1CCC1. The monoisotopic (exact) mass is 227 g/mol. The lowest BCUT2D eigenvalue weighted by atomic mass is 9.55. The molecule has 3 nitrogen and oxygen atoms in total. The number of hydrogen-bond donors (Lipinski definition) is 0. The first kappa shape index (κ1) is 13.5. The molecule has 94 valence electrons. The summed E-state index contributed by atoms with van der Waals surface area (Å²) in [7, 11) is 3.21. The van der Waals surface area contributed by atoms with Crippen LogP contribution in [0.5, 0.6) is 0 Å². The second-order valence-electron chi connectivity index (χ2n) is 5.96. The zero-order valence-corrected chi connectivity index (χ0v) is 11.5. The average molecular weight is 227 g/mol. The van der Waals surface area contributed by atoms with Crippen molar-refractivity contribution in [3.63, 3.8) is 0 Å². The highest BCUT2D eigenvalue weighted by atomic mass is 16.7. The van der Waals surface area contributed by atoms with E-state index in [1.807, 2.05) is 13.8 Å². The lowest BCUT2D eigenvalue weighted by Gasteiger charge is -2.50. The van der Waals surface area contributed by atoms with E-state index in [1.54, 1.807) is 7.05 Å². The molecule has 0 aromatic rings. The Morgan fingerprint density at radius 3 is 2.06 bits per heavy atom. The minimum Gasteiger partial charge on any atom is -0.275 e. The molecule has 0 radical (unpaired) electrons. The first-order chi connectivity index (χ1) is 7.25. The number of hydrogen-bond acceptors (Lipinski definition) is 2. The van der Waals surface area contributed by atoms with Gasteiger partial charge in [0.05, 0.1) is 12.5 Å². The van der Waals surface area contributed by atoms with E-state index in [9.17, 15) is 4.79 Å². The molecule has 0 bridgehead atoms. The van der Waals surface area contributed by atoms with Crippen molar-refractivity contribution in [3.05, 3.63) is 0 Å². The molecule has 0 saturated heterocycles. The summed E-state index contributed by atoms with van der Waals surface area (Å²) in [5.74, 6) is 0.726. The van der Waals surface area contributed by atoms with Gasteiger partial charge in [-0.2, -0.15) is 0 Å². The van der Waals surface area contributed by atoms with Crippen LogP contribution in [0, 0.1) is 16.7 Å². The van der Waals surface area contributed by atoms with Gasteiger partial charge >= 0.3 is 0 Å². The zero-order chi connectivity index (χ0) is 12.6. The molecule has 0 heterocycles. The largest absolute Gasteiger partial charge is 0.275 e. The summed E-state index contributed by atoms with van der Waals surface area (Å²) in [4.78, 5) is 17.3. The first-order valence-electron chi connectivity index (χ1n) is 6.07. The van der Waals surface area contributed by atoms with Gasteiger partial charge in [-0.3, -0.25) is 9.63 Å². The summed E-state index contributed by atoms with van der Waals surface area (Å²) in [6.45, 7) is 8.48. The van der Waals surface area contributed by atoms with Gasteiger partial charge in [0.2, 0.25) is 0 Å². The Hall–Kier alpha value is -0.570. The van der Waals surface area contributed by atoms with Crippen LogP contribution in [0.4, 0.5) is 0 Å². The molecule has 1 fully saturated rings. The van der Waals surface area contributed by atoms with Gasteiger partial charge in [-0.05, 0) is 24.2 Å². The number of carbonyl (C=O) groups excluding carboxylic acids is 1. The quantitative estimate of drug-likeness (QED) is 0.691. The Labute approximate surface area is 99.1 Å². The van der Waals surface area contributed by atoms with Gasteiger partial charge in [-0.15, -0.1) is 0 Å². The molecule has 0 aromatic carbocycles. The highest BCUT2D eigenvalue weighted by Crippen LogP contribution is 2.52. The summed E-state index contributed by atoms with van der Waals surface area (Å²) in [5.41, 5.74) is -0.363. The predicted octanol–water partition coefficient (Wildman–Crippen LogP) is 2.86. The Bertz CT molecular complexity index is 267. The molecule has 0 aliphatic heterocycles. The molecule has 1 aliphatic carbocycles. The van der Waals surface area contributed by atoms with Gasteiger partial charge < -0.3 is 0 Å². The molecule has 16 heavy (non-hydrogen) atoms. The van der Waals surface area contributed by atoms with Crippen LogP contribution in [0.15, 0.2) is 0 Å². The average Bonchev–Trinajstić information content (AvgIpc) is 2.11. The maximum absolute atomic E-state index is 12.3. The van der Waals surface area contributed by atoms with Crippen molar-refractivity contribution < 1.29 is 9.63 Å². The number of nitrogens with zero attached hydrogens (tertiary/aromatic N) is 1. The summed E-state index contributed by atoms with van der Waals surface area (Å²) in [6, 6.07) is 0. The second-order valence-corrected chi connectivity index (χ2v) is 5.96. The highest BCUT2D eigenvalue weighted by Gasteiger charge is 2.50. The molecular formula is C13H25NO2. The fraction of sp³-hybridized carbons (Fsp3) is 0.923. The molecule has 1 amide bonds. The highest BCUT2D eigenvalue weighted by molar-refractivity contribution is 5.81. The molecular weight excluding hydrogens is 202 g/mol. The number of amides is 1. The van der Waals surface area contributed by atoms with Crippen molar-refractivity contribution in [1.29, 1.82) is 0 Å². The van der Waals surface area contributed by atoms with Crippen LogP contribution in [-0.4, -0.2) is 25.1 Å². The molecule has 3 heteroatoms. The van der Waals surface area contributed by atoms with Crippen LogP contribution in [0.2, 0.25) is 0 Å². The normalized spacial score (nSPS) is 18.1. The number of carbonyl (C=O) groups is 1. The molecule has 0 N–H and O–H groups in total. The van der Waals surface area contributed by atoms with E-state index in [0.717, 1.165) is 0 Å². The van der Waals surface area contributed by atoms with E-state index in [2.05, 4.69) is 13.8 Å². The van der Waals surface area contributed by atoms with Gasteiger partial charge in [0.1, 0.15) is 0 Å². The van der Waals surface area contributed by atoms with Crippen molar-refractivity contribution in [2.45, 2.75) is 47.0 Å². The van der Waals surface area contributed by atoms with Crippen LogP contribution in [-0.2, 0) is 9.63 Å². The zero-order valence-electron chi connectivity index (χ0n) is 11.5. The molecule has 0 unspecified atom stereocenters. The van der Waals surface area contributed by atoms with E-state index in [0.29, 0.717) is 5.92 Å². The van der Waals surface area contributed by atoms with E-state index in [-0.39, 0.29) is 16.7 Å². The van der Waals surface area contributed by atoms with Crippen LogP contribution in [0.1, 0.15) is 47.0 Å². The van der Waals surface area contributed by atoms with E-state index in [1.165, 1.54) is 31.4 Å². The molecule has 1 aliphatic rings. The fourth-order valence-corrected chi connectivity index (χ4v) is 2.39. The Morgan fingerprint density at radius 1 is 1.25 bits per heavy atom. The van der Waals surface area contributed by atoms with Gasteiger partial charge in [-0.25, -0.2) is 5.06 Å². The lowest BCUT2D eigenvalue weighted by Crippen LogP contribution is -2.51. The minimum atomic E-state index is -0.386. The third-order valence-corrected chi connectivity index (χ3v) is 4.83. The smallest absolute Gasteiger partial charge is 0.252 e. The van der Waals surface area contributed by atoms with E-state index >= 15 is 0 Å². The van der Waals surface area contributed by atoms with Gasteiger partial charge in [-0.1, -0.05) is 34.1 Å². The lowest BCUT2D eigenvalue weighted by molar-refractivity contribution is -0.188. The van der Waals surface area contributed by atoms with Crippen molar-refractivity contribution in [3.8, 4) is 0 Å². The number of rotatable bonds is 4. The van der Waals surface area contributed by atoms with Gasteiger partial charge in [0.15, 0.2) is 0 Å². The van der Waals surface area contributed by atoms with Crippen LogP contribution in [0.3, 0.4) is 0 Å². The maximum atomic E-state index is 12.3. The topological polar surface area (TPSA) is 29.5 Å². The van der Waals surface area contributed by atoms with Crippen molar-refractivity contribution in [2.24, 2.45) is 16.7 Å². The second kappa shape index (κ2) is 4.36. The Morgan fingerprint density at radius 2 is 1.75 bits per heavy atom. The number of hydroxylamine groups is 2. The Balaban J connectivity index is 2.86. The third kappa shape index (κ3) is 1.97. The predicted molar refractivity (Wildman–Crippen MR) is 64.7 cm³/mol. The molecule has 1 saturated carbocycles.